The number of halogens is 3. The fourth-order valence-electron chi connectivity index (χ4n) is 1.13. The van der Waals surface area contributed by atoms with Crippen LogP contribution in [0.3, 0.4) is 0 Å². The van der Waals surface area contributed by atoms with Gasteiger partial charge in [0.2, 0.25) is 0 Å². The number of pyridine rings is 1. The molecule has 1 heterocycles. The first kappa shape index (κ1) is 11.1. The van der Waals surface area contributed by atoms with Gasteiger partial charge in [0.25, 0.3) is 6.43 Å². The monoisotopic (exact) mass is 260 g/mol. The van der Waals surface area contributed by atoms with Gasteiger partial charge in [-0.3, -0.25) is 4.98 Å². The number of nitrogens with zero attached hydrogens (tertiary/aromatic N) is 2. The second-order valence-electron chi connectivity index (χ2n) is 2.71. The number of nitriles is 1. The van der Waals surface area contributed by atoms with Gasteiger partial charge in [0.05, 0.1) is 5.56 Å². The summed E-state index contributed by atoms with van der Waals surface area (Å²) in [5, 5.41) is 8.95. The molecular formula is C9H7BrF2N2. The van der Waals surface area contributed by atoms with E-state index in [-0.39, 0.29) is 11.0 Å². The summed E-state index contributed by atoms with van der Waals surface area (Å²) in [5.74, 6) is 0. The molecular weight excluding hydrogens is 254 g/mol. The van der Waals surface area contributed by atoms with Gasteiger partial charge in [0, 0.05) is 11.5 Å². The highest BCUT2D eigenvalue weighted by Gasteiger charge is 2.17. The zero-order valence-corrected chi connectivity index (χ0v) is 8.98. The number of alkyl halides is 3. The van der Waals surface area contributed by atoms with Gasteiger partial charge >= 0.3 is 0 Å². The van der Waals surface area contributed by atoms with Crippen molar-refractivity contribution in [2.24, 2.45) is 0 Å². The van der Waals surface area contributed by atoms with Crippen molar-refractivity contribution in [3.8, 4) is 6.07 Å². The molecule has 0 aromatic carbocycles. The maximum absolute atomic E-state index is 12.5. The Morgan fingerprint density at radius 3 is 2.71 bits per heavy atom. The van der Waals surface area contributed by atoms with Crippen molar-refractivity contribution in [2.75, 3.05) is 0 Å². The molecule has 1 aromatic heterocycles. The van der Waals surface area contributed by atoms with E-state index < -0.39 is 6.43 Å². The standard InChI is InChI=1S/C9H7BrF2N2/c1-5-6(3-13)4-14-8(9(11)12)7(5)2-10/h4,9H,2H2,1H3. The maximum Gasteiger partial charge on any atom is 0.280 e. The molecule has 0 N–H and O–H groups in total. The zero-order valence-electron chi connectivity index (χ0n) is 7.39. The third-order valence-corrected chi connectivity index (χ3v) is 2.52. The summed E-state index contributed by atoms with van der Waals surface area (Å²) in [7, 11) is 0. The largest absolute Gasteiger partial charge is 0.280 e. The van der Waals surface area contributed by atoms with E-state index >= 15 is 0 Å². The highest BCUT2D eigenvalue weighted by atomic mass is 79.9. The molecule has 0 spiro atoms. The van der Waals surface area contributed by atoms with E-state index in [1.165, 1.54) is 6.20 Å². The molecule has 0 saturated heterocycles. The number of hydrogen-bond donors (Lipinski definition) is 0. The van der Waals surface area contributed by atoms with Crippen LogP contribution in [0.15, 0.2) is 6.20 Å². The molecule has 0 saturated carbocycles. The summed E-state index contributed by atoms with van der Waals surface area (Å²) in [5.41, 5.74) is 1.05. The second-order valence-corrected chi connectivity index (χ2v) is 3.27. The zero-order chi connectivity index (χ0) is 10.7. The van der Waals surface area contributed by atoms with Gasteiger partial charge in [0.15, 0.2) is 0 Å². The minimum atomic E-state index is -2.60. The summed E-state index contributed by atoms with van der Waals surface area (Å²) in [6.07, 6.45) is -1.42. The van der Waals surface area contributed by atoms with Gasteiger partial charge in [-0.1, -0.05) is 15.9 Å². The van der Waals surface area contributed by atoms with Crippen LogP contribution in [-0.4, -0.2) is 4.98 Å². The van der Waals surface area contributed by atoms with Crippen LogP contribution >= 0.6 is 15.9 Å². The van der Waals surface area contributed by atoms with Gasteiger partial charge in [0.1, 0.15) is 11.8 Å². The van der Waals surface area contributed by atoms with Crippen molar-refractivity contribution >= 4 is 15.9 Å². The van der Waals surface area contributed by atoms with E-state index in [1.54, 1.807) is 6.92 Å². The highest BCUT2D eigenvalue weighted by molar-refractivity contribution is 9.08. The number of rotatable bonds is 2. The first-order chi connectivity index (χ1) is 6.61. The summed E-state index contributed by atoms with van der Waals surface area (Å²) >= 11 is 3.11. The fourth-order valence-corrected chi connectivity index (χ4v) is 1.84. The van der Waals surface area contributed by atoms with Gasteiger partial charge in [-0.15, -0.1) is 0 Å². The van der Waals surface area contributed by atoms with E-state index in [0.717, 1.165) is 0 Å². The predicted molar refractivity (Wildman–Crippen MR) is 51.3 cm³/mol. The van der Waals surface area contributed by atoms with Crippen molar-refractivity contribution < 1.29 is 8.78 Å². The SMILES string of the molecule is Cc1c(C#N)cnc(C(F)F)c1CBr. The Hall–Kier alpha value is -1.02. The van der Waals surface area contributed by atoms with Crippen LogP contribution in [0.25, 0.3) is 0 Å². The van der Waals surface area contributed by atoms with Crippen LogP contribution in [0.5, 0.6) is 0 Å². The molecule has 0 unspecified atom stereocenters. The Labute approximate surface area is 88.7 Å². The topological polar surface area (TPSA) is 36.7 Å². The molecule has 0 amide bonds. The molecule has 0 aliphatic rings. The number of aromatic nitrogens is 1. The lowest BCUT2D eigenvalue weighted by Gasteiger charge is -2.09. The van der Waals surface area contributed by atoms with Gasteiger partial charge in [-0.2, -0.15) is 5.26 Å². The van der Waals surface area contributed by atoms with E-state index in [1.807, 2.05) is 6.07 Å². The van der Waals surface area contributed by atoms with E-state index in [0.29, 0.717) is 16.7 Å². The second kappa shape index (κ2) is 4.47. The molecule has 14 heavy (non-hydrogen) atoms. The first-order valence-corrected chi connectivity index (χ1v) is 4.96. The molecule has 0 fully saturated rings. The Bertz CT molecular complexity index is 385. The van der Waals surface area contributed by atoms with Crippen molar-refractivity contribution in [1.29, 1.82) is 5.26 Å². The van der Waals surface area contributed by atoms with Crippen LogP contribution in [0.1, 0.15) is 28.8 Å². The van der Waals surface area contributed by atoms with Crippen LogP contribution in [0.2, 0.25) is 0 Å². The molecule has 0 aliphatic carbocycles. The predicted octanol–water partition coefficient (Wildman–Crippen LogP) is 3.09. The van der Waals surface area contributed by atoms with Crippen molar-refractivity contribution in [3.05, 3.63) is 28.6 Å². The fraction of sp³-hybridized carbons (Fsp3) is 0.333. The van der Waals surface area contributed by atoms with Crippen molar-refractivity contribution in [1.82, 2.24) is 4.98 Å². The molecule has 74 valence electrons. The smallest absolute Gasteiger partial charge is 0.254 e. The summed E-state index contributed by atoms with van der Waals surface area (Å²) in [6, 6.07) is 1.91. The van der Waals surface area contributed by atoms with Crippen LogP contribution in [0, 0.1) is 18.3 Å². The normalized spacial score (nSPS) is 10.3. The molecule has 2 nitrogen and oxygen atoms in total. The van der Waals surface area contributed by atoms with Crippen molar-refractivity contribution in [3.63, 3.8) is 0 Å². The first-order valence-electron chi connectivity index (χ1n) is 3.84. The van der Waals surface area contributed by atoms with Crippen LogP contribution in [0.4, 0.5) is 8.78 Å². The Morgan fingerprint density at radius 2 is 2.29 bits per heavy atom. The third-order valence-electron chi connectivity index (χ3n) is 1.96. The Kier molecular flexibility index (Phi) is 3.53. The molecule has 5 heteroatoms. The lowest BCUT2D eigenvalue weighted by atomic mass is 10.0. The molecule has 0 aliphatic heterocycles. The minimum Gasteiger partial charge on any atom is -0.254 e. The maximum atomic E-state index is 12.5. The molecule has 1 rings (SSSR count). The van der Waals surface area contributed by atoms with E-state index in [4.69, 9.17) is 5.26 Å². The van der Waals surface area contributed by atoms with Crippen molar-refractivity contribution in [2.45, 2.75) is 18.7 Å². The van der Waals surface area contributed by atoms with E-state index in [9.17, 15) is 8.78 Å². The third kappa shape index (κ3) is 1.90. The molecule has 0 bridgehead atoms. The quantitative estimate of drug-likeness (QED) is 0.767. The van der Waals surface area contributed by atoms with Crippen LogP contribution in [-0.2, 0) is 5.33 Å². The molecule has 0 radical (unpaired) electrons. The average Bonchev–Trinajstić information content (AvgIpc) is 2.17. The molecule has 0 atom stereocenters. The lowest BCUT2D eigenvalue weighted by molar-refractivity contribution is 0.145. The van der Waals surface area contributed by atoms with E-state index in [2.05, 4.69) is 20.9 Å². The number of hydrogen-bond acceptors (Lipinski definition) is 2. The highest BCUT2D eigenvalue weighted by Crippen LogP contribution is 2.26. The average molecular weight is 261 g/mol. The Morgan fingerprint density at radius 1 is 1.64 bits per heavy atom. The molecule has 1 aromatic rings. The minimum absolute atomic E-state index is 0.252. The van der Waals surface area contributed by atoms with Crippen LogP contribution < -0.4 is 0 Å². The summed E-state index contributed by atoms with van der Waals surface area (Å²) in [4.78, 5) is 3.58. The van der Waals surface area contributed by atoms with Gasteiger partial charge in [-0.05, 0) is 18.1 Å². The summed E-state index contributed by atoms with van der Waals surface area (Å²) in [6.45, 7) is 1.64. The van der Waals surface area contributed by atoms with Gasteiger partial charge < -0.3 is 0 Å². The van der Waals surface area contributed by atoms with Gasteiger partial charge in [-0.25, -0.2) is 8.78 Å². The summed E-state index contributed by atoms with van der Waals surface area (Å²) < 4.78 is 24.9. The lowest BCUT2D eigenvalue weighted by Crippen LogP contribution is -2.01. The Balaban J connectivity index is 3.38.